The van der Waals surface area contributed by atoms with E-state index >= 15 is 0 Å². The van der Waals surface area contributed by atoms with Crippen molar-refractivity contribution in [2.75, 3.05) is 0 Å². The van der Waals surface area contributed by atoms with E-state index in [0.717, 1.165) is 0 Å². The van der Waals surface area contributed by atoms with E-state index in [1.54, 1.807) is 18.2 Å². The van der Waals surface area contributed by atoms with Crippen molar-refractivity contribution < 1.29 is 9.72 Å². The highest BCUT2D eigenvalue weighted by Crippen LogP contribution is 2.29. The lowest BCUT2D eigenvalue weighted by Gasteiger charge is -2.26. The van der Waals surface area contributed by atoms with Crippen molar-refractivity contribution in [2.24, 2.45) is 11.3 Å². The minimum atomic E-state index is -0.435. The molecule has 1 aromatic rings. The quantitative estimate of drug-likeness (QED) is 0.600. The summed E-state index contributed by atoms with van der Waals surface area (Å²) in [6, 6.07) is 6.43. The molecule has 0 aliphatic carbocycles. The SMILES string of the molecule is CC(CC(=O)Cc1ccccc1[N+](=O)[O-])C(C)(C)C. The zero-order valence-corrected chi connectivity index (χ0v) is 12.0. The number of Topliss-reactive ketones (excluding diaryl/α,β-unsaturated/α-hetero) is 1. The van der Waals surface area contributed by atoms with E-state index in [2.05, 4.69) is 20.8 Å². The van der Waals surface area contributed by atoms with Gasteiger partial charge in [-0.05, 0) is 11.3 Å². The standard InChI is InChI=1S/C15H21NO3/c1-11(15(2,3)4)9-13(17)10-12-7-5-6-8-14(12)16(18)19/h5-8,11H,9-10H2,1-4H3. The first-order valence-electron chi connectivity index (χ1n) is 6.46. The number of carbonyl (C=O) groups excluding carboxylic acids is 1. The average Bonchev–Trinajstić information content (AvgIpc) is 2.27. The van der Waals surface area contributed by atoms with E-state index < -0.39 is 4.92 Å². The number of carbonyl (C=O) groups is 1. The molecule has 0 aliphatic rings. The van der Waals surface area contributed by atoms with Crippen LogP contribution in [0.15, 0.2) is 24.3 Å². The van der Waals surface area contributed by atoms with Crippen LogP contribution in [-0.2, 0) is 11.2 Å². The van der Waals surface area contributed by atoms with Crippen molar-refractivity contribution in [3.05, 3.63) is 39.9 Å². The molecule has 1 unspecified atom stereocenters. The van der Waals surface area contributed by atoms with Gasteiger partial charge in [-0.3, -0.25) is 14.9 Å². The number of nitro benzene ring substituents is 1. The Labute approximate surface area is 114 Å². The second kappa shape index (κ2) is 5.95. The minimum absolute atomic E-state index is 0.0271. The molecule has 4 heteroatoms. The summed E-state index contributed by atoms with van der Waals surface area (Å²) in [6.45, 7) is 8.32. The Bertz CT molecular complexity index is 475. The van der Waals surface area contributed by atoms with Crippen molar-refractivity contribution in [3.63, 3.8) is 0 Å². The zero-order chi connectivity index (χ0) is 14.6. The van der Waals surface area contributed by atoms with Crippen LogP contribution in [-0.4, -0.2) is 10.7 Å². The molecular weight excluding hydrogens is 242 g/mol. The molecule has 0 bridgehead atoms. The van der Waals surface area contributed by atoms with E-state index in [-0.39, 0.29) is 29.2 Å². The Morgan fingerprint density at radius 3 is 2.42 bits per heavy atom. The van der Waals surface area contributed by atoms with Crippen molar-refractivity contribution in [1.29, 1.82) is 0 Å². The molecule has 0 fully saturated rings. The van der Waals surface area contributed by atoms with Crippen molar-refractivity contribution in [3.8, 4) is 0 Å². The van der Waals surface area contributed by atoms with Gasteiger partial charge in [-0.1, -0.05) is 45.9 Å². The Hall–Kier alpha value is -1.71. The first-order valence-corrected chi connectivity index (χ1v) is 6.46. The Morgan fingerprint density at radius 1 is 1.32 bits per heavy atom. The molecule has 0 saturated heterocycles. The fraction of sp³-hybridized carbons (Fsp3) is 0.533. The van der Waals surface area contributed by atoms with Gasteiger partial charge in [-0.15, -0.1) is 0 Å². The maximum absolute atomic E-state index is 12.0. The van der Waals surface area contributed by atoms with Crippen LogP contribution in [0.3, 0.4) is 0 Å². The summed E-state index contributed by atoms with van der Waals surface area (Å²) in [7, 11) is 0. The molecule has 1 rings (SSSR count). The summed E-state index contributed by atoms with van der Waals surface area (Å²) < 4.78 is 0. The van der Waals surface area contributed by atoms with Crippen LogP contribution in [0.5, 0.6) is 0 Å². The van der Waals surface area contributed by atoms with Crippen molar-refractivity contribution in [1.82, 2.24) is 0 Å². The van der Waals surface area contributed by atoms with Gasteiger partial charge in [0.15, 0.2) is 0 Å². The van der Waals surface area contributed by atoms with Gasteiger partial charge in [-0.2, -0.15) is 0 Å². The molecule has 0 saturated carbocycles. The number of nitrogens with zero attached hydrogens (tertiary/aromatic N) is 1. The molecule has 0 spiro atoms. The van der Waals surface area contributed by atoms with Gasteiger partial charge in [-0.25, -0.2) is 0 Å². The smallest absolute Gasteiger partial charge is 0.273 e. The van der Waals surface area contributed by atoms with Crippen LogP contribution in [0.25, 0.3) is 0 Å². The third-order valence-electron chi connectivity index (χ3n) is 3.59. The molecule has 19 heavy (non-hydrogen) atoms. The molecule has 1 atom stereocenters. The topological polar surface area (TPSA) is 60.2 Å². The van der Waals surface area contributed by atoms with Gasteiger partial charge in [0.1, 0.15) is 5.78 Å². The highest BCUT2D eigenvalue weighted by molar-refractivity contribution is 5.82. The summed E-state index contributed by atoms with van der Waals surface area (Å²) in [6.07, 6.45) is 0.590. The second-order valence-electron chi connectivity index (χ2n) is 6.07. The predicted octanol–water partition coefficient (Wildman–Crippen LogP) is 3.78. The molecule has 4 nitrogen and oxygen atoms in total. The van der Waals surface area contributed by atoms with Gasteiger partial charge in [0, 0.05) is 24.5 Å². The molecule has 1 aromatic carbocycles. The lowest BCUT2D eigenvalue weighted by atomic mass is 9.79. The third-order valence-corrected chi connectivity index (χ3v) is 3.59. The molecular formula is C15H21NO3. The van der Waals surface area contributed by atoms with Gasteiger partial charge in [0.2, 0.25) is 0 Å². The summed E-state index contributed by atoms with van der Waals surface area (Å²) >= 11 is 0. The van der Waals surface area contributed by atoms with Gasteiger partial charge < -0.3 is 0 Å². The second-order valence-corrected chi connectivity index (χ2v) is 6.07. The lowest BCUT2D eigenvalue weighted by molar-refractivity contribution is -0.385. The van der Waals surface area contributed by atoms with Crippen LogP contribution in [0.1, 0.15) is 39.7 Å². The number of para-hydroxylation sites is 1. The Balaban J connectivity index is 2.76. The summed E-state index contributed by atoms with van der Waals surface area (Å²) in [5, 5.41) is 10.9. The van der Waals surface area contributed by atoms with Crippen molar-refractivity contribution >= 4 is 11.5 Å². The summed E-state index contributed by atoms with van der Waals surface area (Å²) in [5.74, 6) is 0.305. The van der Waals surface area contributed by atoms with Crippen LogP contribution in [0, 0.1) is 21.4 Å². The van der Waals surface area contributed by atoms with E-state index in [4.69, 9.17) is 0 Å². The number of benzene rings is 1. The van der Waals surface area contributed by atoms with Gasteiger partial charge in [0.05, 0.1) is 4.92 Å². The van der Waals surface area contributed by atoms with Crippen LogP contribution >= 0.6 is 0 Å². The number of hydrogen-bond donors (Lipinski definition) is 0. The minimum Gasteiger partial charge on any atom is -0.299 e. The fourth-order valence-electron chi connectivity index (χ4n) is 1.77. The molecule has 0 aliphatic heterocycles. The lowest BCUT2D eigenvalue weighted by Crippen LogP contribution is -2.21. The Morgan fingerprint density at radius 2 is 1.89 bits per heavy atom. The molecule has 0 N–H and O–H groups in total. The maximum Gasteiger partial charge on any atom is 0.273 e. The fourth-order valence-corrected chi connectivity index (χ4v) is 1.77. The van der Waals surface area contributed by atoms with E-state index in [9.17, 15) is 14.9 Å². The van der Waals surface area contributed by atoms with Crippen LogP contribution in [0.2, 0.25) is 0 Å². The van der Waals surface area contributed by atoms with E-state index in [1.165, 1.54) is 6.07 Å². The average molecular weight is 263 g/mol. The molecule has 0 heterocycles. The van der Waals surface area contributed by atoms with Crippen LogP contribution in [0.4, 0.5) is 5.69 Å². The van der Waals surface area contributed by atoms with Crippen molar-refractivity contribution in [2.45, 2.75) is 40.5 Å². The summed E-state index contributed by atoms with van der Waals surface area (Å²) in [5.41, 5.74) is 0.594. The summed E-state index contributed by atoms with van der Waals surface area (Å²) in [4.78, 5) is 22.5. The highest BCUT2D eigenvalue weighted by atomic mass is 16.6. The largest absolute Gasteiger partial charge is 0.299 e. The number of nitro groups is 1. The monoisotopic (exact) mass is 263 g/mol. The van der Waals surface area contributed by atoms with Crippen LogP contribution < -0.4 is 0 Å². The third kappa shape index (κ3) is 4.47. The number of hydrogen-bond acceptors (Lipinski definition) is 3. The van der Waals surface area contributed by atoms with Gasteiger partial charge in [0.25, 0.3) is 5.69 Å². The molecule has 104 valence electrons. The van der Waals surface area contributed by atoms with E-state index in [0.29, 0.717) is 12.0 Å². The molecule has 0 amide bonds. The number of ketones is 1. The molecule has 0 aromatic heterocycles. The Kier molecular flexibility index (Phi) is 4.81. The molecule has 0 radical (unpaired) electrons. The maximum atomic E-state index is 12.0. The normalized spacial score (nSPS) is 13.1. The van der Waals surface area contributed by atoms with E-state index in [1.807, 2.05) is 6.92 Å². The predicted molar refractivity (Wildman–Crippen MR) is 75.0 cm³/mol. The number of rotatable bonds is 5. The first-order chi connectivity index (χ1) is 8.71. The van der Waals surface area contributed by atoms with Gasteiger partial charge >= 0.3 is 0 Å². The first kappa shape index (κ1) is 15.3. The zero-order valence-electron chi connectivity index (χ0n) is 12.0. The highest BCUT2D eigenvalue weighted by Gasteiger charge is 2.23.